The monoisotopic (exact) mass is 453 g/mol. The topological polar surface area (TPSA) is 69.7 Å². The Morgan fingerprint density at radius 3 is 1.97 bits per heavy atom. The first-order chi connectivity index (χ1) is 15.5. The standard InChI is InChI=1S/C26H32FN3O3/c1-18(31)28-23(17-19-5-11-22(27)12-6-19)25(33)30-15-13-29(14-16-30)24(32)20-7-9-21(10-8-20)26(2,3)4/h5-12,23H,13-17H2,1-4H3,(H,28,31). The van der Waals surface area contributed by atoms with Gasteiger partial charge >= 0.3 is 0 Å². The van der Waals surface area contributed by atoms with Gasteiger partial charge < -0.3 is 15.1 Å². The van der Waals surface area contributed by atoms with Crippen molar-refractivity contribution in [3.8, 4) is 0 Å². The van der Waals surface area contributed by atoms with Crippen molar-refractivity contribution in [1.29, 1.82) is 0 Å². The summed E-state index contributed by atoms with van der Waals surface area (Å²) < 4.78 is 13.2. The van der Waals surface area contributed by atoms with E-state index in [9.17, 15) is 18.8 Å². The molecule has 1 N–H and O–H groups in total. The van der Waals surface area contributed by atoms with E-state index in [1.165, 1.54) is 24.6 Å². The lowest BCUT2D eigenvalue weighted by molar-refractivity contribution is -0.137. The van der Waals surface area contributed by atoms with Gasteiger partial charge in [-0.25, -0.2) is 4.39 Å². The quantitative estimate of drug-likeness (QED) is 0.756. The fraction of sp³-hybridized carbons (Fsp3) is 0.423. The zero-order valence-electron chi connectivity index (χ0n) is 19.7. The third kappa shape index (κ3) is 6.40. The molecule has 1 fully saturated rings. The maximum atomic E-state index is 13.2. The summed E-state index contributed by atoms with van der Waals surface area (Å²) >= 11 is 0. The number of hydrogen-bond donors (Lipinski definition) is 1. The summed E-state index contributed by atoms with van der Waals surface area (Å²) in [5.74, 6) is -0.901. The Labute approximate surface area is 194 Å². The Morgan fingerprint density at radius 2 is 1.45 bits per heavy atom. The summed E-state index contributed by atoms with van der Waals surface area (Å²) in [6.07, 6.45) is 0.276. The Morgan fingerprint density at radius 1 is 0.909 bits per heavy atom. The van der Waals surface area contributed by atoms with Gasteiger partial charge in [0.15, 0.2) is 0 Å². The minimum absolute atomic E-state index is 0.0198. The molecule has 1 atom stereocenters. The number of benzene rings is 2. The lowest BCUT2D eigenvalue weighted by atomic mass is 9.86. The molecule has 2 aromatic carbocycles. The lowest BCUT2D eigenvalue weighted by Crippen LogP contribution is -2.56. The highest BCUT2D eigenvalue weighted by Crippen LogP contribution is 2.23. The van der Waals surface area contributed by atoms with Gasteiger partial charge in [-0.2, -0.15) is 0 Å². The van der Waals surface area contributed by atoms with Crippen LogP contribution < -0.4 is 5.32 Å². The average Bonchev–Trinajstić information content (AvgIpc) is 2.78. The normalized spacial score (nSPS) is 15.2. The van der Waals surface area contributed by atoms with E-state index in [4.69, 9.17) is 0 Å². The number of nitrogens with zero attached hydrogens (tertiary/aromatic N) is 2. The van der Waals surface area contributed by atoms with Crippen LogP contribution >= 0.6 is 0 Å². The SMILES string of the molecule is CC(=O)NC(Cc1ccc(F)cc1)C(=O)N1CCN(C(=O)c2ccc(C(C)(C)C)cc2)CC1. The van der Waals surface area contributed by atoms with Crippen LogP contribution in [0.5, 0.6) is 0 Å². The Kier molecular flexibility index (Phi) is 7.51. The average molecular weight is 454 g/mol. The first-order valence-corrected chi connectivity index (χ1v) is 11.2. The van der Waals surface area contributed by atoms with Crippen molar-refractivity contribution >= 4 is 17.7 Å². The van der Waals surface area contributed by atoms with Crippen molar-refractivity contribution in [3.05, 3.63) is 71.0 Å². The highest BCUT2D eigenvalue weighted by Gasteiger charge is 2.30. The van der Waals surface area contributed by atoms with Crippen molar-refractivity contribution < 1.29 is 18.8 Å². The van der Waals surface area contributed by atoms with E-state index >= 15 is 0 Å². The number of carbonyl (C=O) groups is 3. The van der Waals surface area contributed by atoms with Crippen molar-refractivity contribution in [3.63, 3.8) is 0 Å². The fourth-order valence-corrected chi connectivity index (χ4v) is 3.95. The van der Waals surface area contributed by atoms with Gasteiger partial charge in [0.05, 0.1) is 0 Å². The van der Waals surface area contributed by atoms with Gasteiger partial charge in [-0.15, -0.1) is 0 Å². The molecule has 3 rings (SSSR count). The summed E-state index contributed by atoms with van der Waals surface area (Å²) in [7, 11) is 0. The first-order valence-electron chi connectivity index (χ1n) is 11.2. The zero-order valence-corrected chi connectivity index (χ0v) is 19.7. The number of carbonyl (C=O) groups excluding carboxylic acids is 3. The van der Waals surface area contributed by atoms with Gasteiger partial charge in [-0.05, 0) is 40.8 Å². The van der Waals surface area contributed by atoms with Crippen LogP contribution in [0.1, 0.15) is 49.2 Å². The van der Waals surface area contributed by atoms with E-state index < -0.39 is 6.04 Å². The molecule has 1 aliphatic rings. The minimum atomic E-state index is -0.736. The molecule has 0 aliphatic carbocycles. The van der Waals surface area contributed by atoms with Gasteiger partial charge in [0.1, 0.15) is 11.9 Å². The highest BCUT2D eigenvalue weighted by atomic mass is 19.1. The van der Waals surface area contributed by atoms with Crippen LogP contribution in [0.4, 0.5) is 4.39 Å². The molecule has 0 bridgehead atoms. The van der Waals surface area contributed by atoms with E-state index in [2.05, 4.69) is 26.1 Å². The molecule has 1 saturated heterocycles. The highest BCUT2D eigenvalue weighted by molar-refractivity contribution is 5.94. The summed E-state index contributed by atoms with van der Waals surface area (Å²) in [4.78, 5) is 41.1. The predicted octanol–water partition coefficient (Wildman–Crippen LogP) is 3.16. The maximum absolute atomic E-state index is 13.2. The van der Waals surface area contributed by atoms with Crippen LogP contribution in [0.25, 0.3) is 0 Å². The van der Waals surface area contributed by atoms with Crippen LogP contribution in [0.2, 0.25) is 0 Å². The molecule has 6 nitrogen and oxygen atoms in total. The van der Waals surface area contributed by atoms with Crippen molar-refractivity contribution in [2.75, 3.05) is 26.2 Å². The van der Waals surface area contributed by atoms with Crippen molar-refractivity contribution in [1.82, 2.24) is 15.1 Å². The summed E-state index contributed by atoms with van der Waals surface area (Å²) in [5, 5.41) is 2.71. The number of amides is 3. The molecule has 7 heteroatoms. The van der Waals surface area contributed by atoms with Crippen LogP contribution in [0.3, 0.4) is 0 Å². The summed E-state index contributed by atoms with van der Waals surface area (Å²) in [6.45, 7) is 9.39. The third-order valence-electron chi connectivity index (χ3n) is 5.91. The minimum Gasteiger partial charge on any atom is -0.344 e. The molecule has 0 saturated carbocycles. The fourth-order valence-electron chi connectivity index (χ4n) is 3.95. The van der Waals surface area contributed by atoms with E-state index in [-0.39, 0.29) is 35.4 Å². The summed E-state index contributed by atoms with van der Waals surface area (Å²) in [6, 6.07) is 12.8. The Bertz CT molecular complexity index is 989. The van der Waals surface area contributed by atoms with E-state index in [0.717, 1.165) is 5.56 Å². The number of nitrogens with one attached hydrogen (secondary N) is 1. The molecular formula is C26H32FN3O3. The predicted molar refractivity (Wildman–Crippen MR) is 125 cm³/mol. The second kappa shape index (κ2) is 10.1. The first kappa shape index (κ1) is 24.4. The van der Waals surface area contributed by atoms with Gasteiger partial charge in [-0.1, -0.05) is 45.0 Å². The van der Waals surface area contributed by atoms with Crippen molar-refractivity contribution in [2.45, 2.75) is 45.6 Å². The molecule has 1 heterocycles. The molecule has 0 aromatic heterocycles. The molecule has 1 aliphatic heterocycles. The van der Waals surface area contributed by atoms with Crippen LogP contribution in [0.15, 0.2) is 48.5 Å². The number of hydrogen-bond acceptors (Lipinski definition) is 3. The maximum Gasteiger partial charge on any atom is 0.253 e. The smallest absolute Gasteiger partial charge is 0.253 e. The Hall–Kier alpha value is -3.22. The van der Waals surface area contributed by atoms with Gasteiger partial charge in [0.2, 0.25) is 11.8 Å². The van der Waals surface area contributed by atoms with E-state index in [1.54, 1.807) is 21.9 Å². The summed E-state index contributed by atoms with van der Waals surface area (Å²) in [5.41, 5.74) is 2.58. The van der Waals surface area contributed by atoms with Gasteiger partial charge in [0.25, 0.3) is 5.91 Å². The molecule has 0 radical (unpaired) electrons. The zero-order chi connectivity index (χ0) is 24.2. The molecule has 176 valence electrons. The molecular weight excluding hydrogens is 421 g/mol. The second-order valence-electron chi connectivity index (χ2n) is 9.53. The Balaban J connectivity index is 1.61. The van der Waals surface area contributed by atoms with Crippen LogP contribution in [-0.4, -0.2) is 59.7 Å². The molecule has 1 unspecified atom stereocenters. The second-order valence-corrected chi connectivity index (χ2v) is 9.53. The molecule has 2 aromatic rings. The number of halogens is 1. The van der Waals surface area contributed by atoms with E-state index in [0.29, 0.717) is 31.7 Å². The molecule has 0 spiro atoms. The van der Waals surface area contributed by atoms with Crippen LogP contribution in [-0.2, 0) is 21.4 Å². The largest absolute Gasteiger partial charge is 0.344 e. The lowest BCUT2D eigenvalue weighted by Gasteiger charge is -2.36. The van der Waals surface area contributed by atoms with Crippen LogP contribution in [0, 0.1) is 5.82 Å². The van der Waals surface area contributed by atoms with E-state index in [1.807, 2.05) is 24.3 Å². The molecule has 33 heavy (non-hydrogen) atoms. The number of rotatable bonds is 5. The van der Waals surface area contributed by atoms with Crippen molar-refractivity contribution in [2.24, 2.45) is 0 Å². The third-order valence-corrected chi connectivity index (χ3v) is 5.91. The van der Waals surface area contributed by atoms with Gasteiger partial charge in [-0.3, -0.25) is 14.4 Å². The van der Waals surface area contributed by atoms with Gasteiger partial charge in [0, 0.05) is 45.1 Å². The molecule has 3 amide bonds. The number of piperazine rings is 1.